The minimum Gasteiger partial charge on any atom is -0.504 e. The van der Waals surface area contributed by atoms with E-state index in [1.807, 2.05) is 6.07 Å². The maximum Gasteiger partial charge on any atom is 0.162 e. The summed E-state index contributed by atoms with van der Waals surface area (Å²) < 4.78 is 5.23. The fourth-order valence-electron chi connectivity index (χ4n) is 3.20. The lowest BCUT2D eigenvalue weighted by Crippen LogP contribution is -2.45. The maximum atomic E-state index is 10.5. The molecule has 5 heteroatoms. The zero-order valence-corrected chi connectivity index (χ0v) is 12.3. The highest BCUT2D eigenvalue weighted by Gasteiger charge is 2.38. The standard InChI is InChI=1S/C16H21N3O2/c1-21-14-9-11(10-17)8-13(16(14)20)15(12-2-3-12)19-6-4-18-5-7-19/h8-9,12,15,18,20H,2-7H2,1H3/t15-/m0/s1. The molecule has 1 aromatic carbocycles. The van der Waals surface area contributed by atoms with Crippen molar-refractivity contribution in [1.82, 2.24) is 10.2 Å². The third kappa shape index (κ3) is 2.82. The first-order chi connectivity index (χ1) is 10.2. The minimum absolute atomic E-state index is 0.187. The predicted molar refractivity (Wildman–Crippen MR) is 79.3 cm³/mol. The SMILES string of the molecule is COc1cc(C#N)cc([C@H](C2CC2)N2CCNCC2)c1O. The van der Waals surface area contributed by atoms with Gasteiger partial charge in [0.15, 0.2) is 11.5 Å². The molecule has 1 heterocycles. The summed E-state index contributed by atoms with van der Waals surface area (Å²) in [7, 11) is 1.52. The largest absolute Gasteiger partial charge is 0.504 e. The first-order valence-electron chi connectivity index (χ1n) is 7.50. The van der Waals surface area contributed by atoms with Gasteiger partial charge in [0, 0.05) is 43.9 Å². The second kappa shape index (κ2) is 5.92. The van der Waals surface area contributed by atoms with Crippen molar-refractivity contribution in [2.75, 3.05) is 33.3 Å². The van der Waals surface area contributed by atoms with Crippen molar-refractivity contribution in [3.63, 3.8) is 0 Å². The van der Waals surface area contributed by atoms with Crippen molar-refractivity contribution in [2.24, 2.45) is 5.92 Å². The van der Waals surface area contributed by atoms with Gasteiger partial charge in [0.2, 0.25) is 0 Å². The van der Waals surface area contributed by atoms with Crippen molar-refractivity contribution in [3.8, 4) is 17.6 Å². The molecular formula is C16H21N3O2. The number of methoxy groups -OCH3 is 1. The summed E-state index contributed by atoms with van der Waals surface area (Å²) >= 11 is 0. The molecule has 0 spiro atoms. The van der Waals surface area contributed by atoms with E-state index in [0.717, 1.165) is 31.7 Å². The third-order valence-corrected chi connectivity index (χ3v) is 4.39. The lowest BCUT2D eigenvalue weighted by molar-refractivity contribution is 0.153. The summed E-state index contributed by atoms with van der Waals surface area (Å²) in [6, 6.07) is 5.77. The van der Waals surface area contributed by atoms with Gasteiger partial charge in [-0.15, -0.1) is 0 Å². The van der Waals surface area contributed by atoms with Crippen LogP contribution in [0.4, 0.5) is 0 Å². The molecule has 0 unspecified atom stereocenters. The lowest BCUT2D eigenvalue weighted by atomic mass is 9.96. The van der Waals surface area contributed by atoms with Crippen LogP contribution in [0.25, 0.3) is 0 Å². The molecule has 1 aliphatic heterocycles. The summed E-state index contributed by atoms with van der Waals surface area (Å²) in [5.74, 6) is 1.16. The quantitative estimate of drug-likeness (QED) is 0.881. The summed E-state index contributed by atoms with van der Waals surface area (Å²) in [6.45, 7) is 3.89. The first kappa shape index (κ1) is 14.2. The van der Waals surface area contributed by atoms with Crippen molar-refractivity contribution in [2.45, 2.75) is 18.9 Å². The monoisotopic (exact) mass is 287 g/mol. The predicted octanol–water partition coefficient (Wildman–Crippen LogP) is 1.63. The van der Waals surface area contributed by atoms with Crippen LogP contribution in [0.2, 0.25) is 0 Å². The van der Waals surface area contributed by atoms with Gasteiger partial charge in [-0.3, -0.25) is 4.90 Å². The van der Waals surface area contributed by atoms with E-state index in [2.05, 4.69) is 16.3 Å². The number of phenols is 1. The number of phenolic OH excluding ortho intramolecular Hbond substituents is 1. The Bertz CT molecular complexity index is 557. The number of rotatable bonds is 4. The molecule has 0 amide bonds. The van der Waals surface area contributed by atoms with Crippen molar-refractivity contribution in [3.05, 3.63) is 23.3 Å². The van der Waals surface area contributed by atoms with Crippen LogP contribution in [0.5, 0.6) is 11.5 Å². The van der Waals surface area contributed by atoms with Gasteiger partial charge in [-0.25, -0.2) is 0 Å². The number of hydrogen-bond acceptors (Lipinski definition) is 5. The van der Waals surface area contributed by atoms with Crippen LogP contribution in [-0.4, -0.2) is 43.3 Å². The third-order valence-electron chi connectivity index (χ3n) is 4.39. The number of nitrogens with one attached hydrogen (secondary N) is 1. The number of nitriles is 1. The van der Waals surface area contributed by atoms with Gasteiger partial charge in [-0.1, -0.05) is 0 Å². The van der Waals surface area contributed by atoms with Crippen molar-refractivity contribution in [1.29, 1.82) is 5.26 Å². The Morgan fingerprint density at radius 3 is 2.67 bits per heavy atom. The van der Waals surface area contributed by atoms with E-state index >= 15 is 0 Å². The fraction of sp³-hybridized carbons (Fsp3) is 0.562. The molecule has 21 heavy (non-hydrogen) atoms. The number of piperazine rings is 1. The van der Waals surface area contributed by atoms with Crippen LogP contribution in [0.3, 0.4) is 0 Å². The molecule has 2 aliphatic rings. The van der Waals surface area contributed by atoms with Gasteiger partial charge >= 0.3 is 0 Å². The zero-order valence-electron chi connectivity index (χ0n) is 12.3. The van der Waals surface area contributed by atoms with E-state index in [-0.39, 0.29) is 11.8 Å². The normalized spacial score (nSPS) is 20.8. The highest BCUT2D eigenvalue weighted by atomic mass is 16.5. The summed E-state index contributed by atoms with van der Waals surface area (Å²) in [4.78, 5) is 2.42. The van der Waals surface area contributed by atoms with Crippen LogP contribution >= 0.6 is 0 Å². The molecule has 3 rings (SSSR count). The van der Waals surface area contributed by atoms with Gasteiger partial charge in [-0.05, 0) is 24.8 Å². The molecule has 1 saturated heterocycles. The lowest BCUT2D eigenvalue weighted by Gasteiger charge is -2.36. The Morgan fingerprint density at radius 2 is 2.10 bits per heavy atom. The minimum atomic E-state index is 0.187. The van der Waals surface area contributed by atoms with Crippen LogP contribution in [0, 0.1) is 17.2 Å². The smallest absolute Gasteiger partial charge is 0.162 e. The molecule has 112 valence electrons. The number of benzene rings is 1. The van der Waals surface area contributed by atoms with Crippen LogP contribution in [0.1, 0.15) is 30.0 Å². The van der Waals surface area contributed by atoms with E-state index in [1.165, 1.54) is 20.0 Å². The maximum absolute atomic E-state index is 10.5. The molecular weight excluding hydrogens is 266 g/mol. The van der Waals surface area contributed by atoms with E-state index in [9.17, 15) is 10.4 Å². The Labute approximate surface area is 125 Å². The second-order valence-electron chi connectivity index (χ2n) is 5.80. The molecule has 1 atom stereocenters. The van der Waals surface area contributed by atoms with Crippen molar-refractivity contribution >= 4 is 0 Å². The number of hydrogen-bond donors (Lipinski definition) is 2. The molecule has 1 aliphatic carbocycles. The van der Waals surface area contributed by atoms with Gasteiger partial charge in [0.25, 0.3) is 0 Å². The molecule has 0 radical (unpaired) electrons. The van der Waals surface area contributed by atoms with Gasteiger partial charge in [-0.2, -0.15) is 5.26 Å². The zero-order chi connectivity index (χ0) is 14.8. The van der Waals surface area contributed by atoms with Gasteiger partial charge in [0.05, 0.1) is 18.7 Å². The van der Waals surface area contributed by atoms with Crippen LogP contribution < -0.4 is 10.1 Å². The Morgan fingerprint density at radius 1 is 1.38 bits per heavy atom. The molecule has 2 N–H and O–H groups in total. The average molecular weight is 287 g/mol. The van der Waals surface area contributed by atoms with Crippen LogP contribution in [-0.2, 0) is 0 Å². The topological polar surface area (TPSA) is 68.5 Å². The summed E-state index contributed by atoms with van der Waals surface area (Å²) in [5.41, 5.74) is 1.38. The molecule has 1 aromatic rings. The highest BCUT2D eigenvalue weighted by molar-refractivity contribution is 5.53. The van der Waals surface area contributed by atoms with Gasteiger partial charge < -0.3 is 15.2 Å². The Kier molecular flexibility index (Phi) is 4.00. The fourth-order valence-corrected chi connectivity index (χ4v) is 3.20. The van der Waals surface area contributed by atoms with E-state index < -0.39 is 0 Å². The molecule has 0 aromatic heterocycles. The molecule has 5 nitrogen and oxygen atoms in total. The molecule has 1 saturated carbocycles. The van der Waals surface area contributed by atoms with E-state index in [0.29, 0.717) is 17.2 Å². The number of ether oxygens (including phenoxy) is 1. The summed E-state index contributed by atoms with van der Waals surface area (Å²) in [5, 5.41) is 23.1. The second-order valence-corrected chi connectivity index (χ2v) is 5.80. The molecule has 2 fully saturated rings. The van der Waals surface area contributed by atoms with E-state index in [1.54, 1.807) is 6.07 Å². The number of aromatic hydroxyl groups is 1. The Balaban J connectivity index is 2.00. The average Bonchev–Trinajstić information content (AvgIpc) is 3.35. The number of nitrogens with zero attached hydrogens (tertiary/aromatic N) is 2. The Hall–Kier alpha value is -1.77. The van der Waals surface area contributed by atoms with E-state index in [4.69, 9.17) is 4.74 Å². The first-order valence-corrected chi connectivity index (χ1v) is 7.50. The molecule has 0 bridgehead atoms. The van der Waals surface area contributed by atoms with Gasteiger partial charge in [0.1, 0.15) is 0 Å². The van der Waals surface area contributed by atoms with Crippen molar-refractivity contribution < 1.29 is 9.84 Å². The van der Waals surface area contributed by atoms with Crippen LogP contribution in [0.15, 0.2) is 12.1 Å². The summed E-state index contributed by atoms with van der Waals surface area (Å²) in [6.07, 6.45) is 2.38. The highest BCUT2D eigenvalue weighted by Crippen LogP contribution is 2.49.